The van der Waals surface area contributed by atoms with Crippen molar-refractivity contribution in [3.63, 3.8) is 0 Å². The van der Waals surface area contributed by atoms with Crippen molar-refractivity contribution in [2.75, 3.05) is 0 Å². The smallest absolute Gasteiger partial charge is 0.177 e. The number of rotatable bonds is 5. The number of ketones is 1. The normalized spacial score (nSPS) is 12.1. The predicted molar refractivity (Wildman–Crippen MR) is 96.9 cm³/mol. The minimum absolute atomic E-state index is 0.0697. The summed E-state index contributed by atoms with van der Waals surface area (Å²) in [6.45, 7) is 1.81. The molecule has 1 unspecified atom stereocenters. The Morgan fingerprint density at radius 2 is 1.70 bits per heavy atom. The van der Waals surface area contributed by atoms with E-state index < -0.39 is 6.10 Å². The molecular weight excluding hydrogens is 352 g/mol. The molecule has 0 fully saturated rings. The minimum atomic E-state index is -0.482. The molecule has 0 aliphatic rings. The maximum atomic E-state index is 12.4. The lowest BCUT2D eigenvalue weighted by Gasteiger charge is -2.15. The van der Waals surface area contributed by atoms with Crippen LogP contribution in [0.25, 0.3) is 10.8 Å². The zero-order chi connectivity index (χ0) is 16.2. The monoisotopic (exact) mass is 368 g/mol. The summed E-state index contributed by atoms with van der Waals surface area (Å²) >= 11 is 3.40. The van der Waals surface area contributed by atoms with E-state index in [0.717, 1.165) is 26.6 Å². The first-order valence-electron chi connectivity index (χ1n) is 7.55. The van der Waals surface area contributed by atoms with E-state index in [1.807, 2.05) is 73.7 Å². The molecule has 0 spiro atoms. The van der Waals surface area contributed by atoms with E-state index in [0.29, 0.717) is 6.42 Å². The van der Waals surface area contributed by atoms with Gasteiger partial charge in [-0.1, -0.05) is 64.5 Å². The summed E-state index contributed by atoms with van der Waals surface area (Å²) in [6, 6.07) is 21.7. The van der Waals surface area contributed by atoms with Crippen LogP contribution in [0.5, 0.6) is 5.75 Å². The first kappa shape index (κ1) is 15.8. The first-order valence-corrected chi connectivity index (χ1v) is 8.34. The van der Waals surface area contributed by atoms with E-state index in [2.05, 4.69) is 15.9 Å². The summed E-state index contributed by atoms with van der Waals surface area (Å²) in [6.07, 6.45) is -0.108. The number of Topliss-reactive ketones (excluding diaryl/α,β-unsaturated/α-hetero) is 1. The van der Waals surface area contributed by atoms with Crippen LogP contribution in [-0.2, 0) is 11.2 Å². The van der Waals surface area contributed by atoms with Gasteiger partial charge in [-0.15, -0.1) is 0 Å². The van der Waals surface area contributed by atoms with Gasteiger partial charge in [-0.05, 0) is 36.1 Å². The molecule has 0 aliphatic carbocycles. The third kappa shape index (κ3) is 3.80. The highest BCUT2D eigenvalue weighted by Gasteiger charge is 2.16. The van der Waals surface area contributed by atoms with Crippen molar-refractivity contribution in [2.45, 2.75) is 19.4 Å². The van der Waals surface area contributed by atoms with Gasteiger partial charge in [-0.3, -0.25) is 4.79 Å². The van der Waals surface area contributed by atoms with E-state index in [-0.39, 0.29) is 5.78 Å². The highest BCUT2D eigenvalue weighted by molar-refractivity contribution is 9.10. The summed E-state index contributed by atoms with van der Waals surface area (Å²) in [4.78, 5) is 12.4. The quantitative estimate of drug-likeness (QED) is 0.619. The van der Waals surface area contributed by atoms with E-state index in [1.165, 1.54) is 0 Å². The standard InChI is InChI=1S/C20H17BrO2/c1-14(19(22)13-15-9-11-17(21)12-10-15)23-20-8-4-6-16-5-2-3-7-18(16)20/h2-12,14H,13H2,1H3. The topological polar surface area (TPSA) is 26.3 Å². The molecule has 0 aliphatic heterocycles. The summed E-state index contributed by atoms with van der Waals surface area (Å²) in [5, 5.41) is 2.14. The van der Waals surface area contributed by atoms with E-state index in [4.69, 9.17) is 4.74 Å². The third-order valence-corrected chi connectivity index (χ3v) is 4.33. The highest BCUT2D eigenvalue weighted by atomic mass is 79.9. The number of benzene rings is 3. The van der Waals surface area contributed by atoms with Gasteiger partial charge in [-0.2, -0.15) is 0 Å². The first-order chi connectivity index (χ1) is 11.1. The van der Waals surface area contributed by atoms with Crippen molar-refractivity contribution in [1.82, 2.24) is 0 Å². The number of fused-ring (bicyclic) bond motifs is 1. The van der Waals surface area contributed by atoms with Crippen LogP contribution in [0.1, 0.15) is 12.5 Å². The molecule has 0 heterocycles. The molecule has 3 aromatic rings. The predicted octanol–water partition coefficient (Wildman–Crippen LogP) is 5.18. The lowest BCUT2D eigenvalue weighted by Crippen LogP contribution is -2.25. The van der Waals surface area contributed by atoms with E-state index in [1.54, 1.807) is 0 Å². The maximum Gasteiger partial charge on any atom is 0.177 e. The zero-order valence-electron chi connectivity index (χ0n) is 12.8. The molecule has 23 heavy (non-hydrogen) atoms. The van der Waals surface area contributed by atoms with Crippen LogP contribution in [0.3, 0.4) is 0 Å². The van der Waals surface area contributed by atoms with Crippen LogP contribution in [0, 0.1) is 0 Å². The van der Waals surface area contributed by atoms with Gasteiger partial charge in [0.15, 0.2) is 11.9 Å². The van der Waals surface area contributed by atoms with Crippen LogP contribution in [0.15, 0.2) is 71.2 Å². The summed E-state index contributed by atoms with van der Waals surface area (Å²) in [5.74, 6) is 0.819. The fraction of sp³-hybridized carbons (Fsp3) is 0.150. The van der Waals surface area contributed by atoms with Crippen LogP contribution in [0.4, 0.5) is 0 Å². The molecule has 1 atom stereocenters. The minimum Gasteiger partial charge on any atom is -0.482 e. The van der Waals surface area contributed by atoms with Gasteiger partial charge in [0.1, 0.15) is 5.75 Å². The Balaban J connectivity index is 1.73. The van der Waals surface area contributed by atoms with E-state index in [9.17, 15) is 4.79 Å². The van der Waals surface area contributed by atoms with Crippen LogP contribution in [0.2, 0.25) is 0 Å². The Bertz CT molecular complexity index is 819. The number of halogens is 1. The van der Waals surface area contributed by atoms with Crippen molar-refractivity contribution >= 4 is 32.5 Å². The Kier molecular flexibility index (Phi) is 4.77. The molecule has 0 radical (unpaired) electrons. The molecule has 0 amide bonds. The molecule has 3 heteroatoms. The van der Waals surface area contributed by atoms with Gasteiger partial charge in [0.25, 0.3) is 0 Å². The van der Waals surface area contributed by atoms with Gasteiger partial charge in [-0.25, -0.2) is 0 Å². The molecule has 3 aromatic carbocycles. The fourth-order valence-corrected chi connectivity index (χ4v) is 2.77. The van der Waals surface area contributed by atoms with Gasteiger partial charge in [0.2, 0.25) is 0 Å². The molecule has 0 saturated heterocycles. The molecular formula is C20H17BrO2. The van der Waals surface area contributed by atoms with Crippen molar-refractivity contribution in [2.24, 2.45) is 0 Å². The molecule has 3 rings (SSSR count). The third-order valence-electron chi connectivity index (χ3n) is 3.80. The maximum absolute atomic E-state index is 12.4. The van der Waals surface area contributed by atoms with Crippen LogP contribution < -0.4 is 4.74 Å². The summed E-state index contributed by atoms with van der Waals surface area (Å²) in [5.41, 5.74) is 0.992. The Hall–Kier alpha value is -2.13. The zero-order valence-corrected chi connectivity index (χ0v) is 14.4. The number of carbonyl (C=O) groups is 1. The second-order valence-corrected chi connectivity index (χ2v) is 6.42. The van der Waals surface area contributed by atoms with Gasteiger partial charge in [0, 0.05) is 16.3 Å². The SMILES string of the molecule is CC(Oc1cccc2ccccc12)C(=O)Cc1ccc(Br)cc1. The average molecular weight is 369 g/mol. The molecule has 0 N–H and O–H groups in total. The Morgan fingerprint density at radius 3 is 2.48 bits per heavy atom. The summed E-state index contributed by atoms with van der Waals surface area (Å²) in [7, 11) is 0. The van der Waals surface area contributed by atoms with Crippen molar-refractivity contribution in [3.05, 3.63) is 76.8 Å². The molecule has 0 bridgehead atoms. The van der Waals surface area contributed by atoms with Gasteiger partial charge >= 0.3 is 0 Å². The lowest BCUT2D eigenvalue weighted by molar-refractivity contribution is -0.124. The Morgan fingerprint density at radius 1 is 1.00 bits per heavy atom. The second-order valence-electron chi connectivity index (χ2n) is 5.51. The molecule has 2 nitrogen and oxygen atoms in total. The summed E-state index contributed by atoms with van der Waals surface area (Å²) < 4.78 is 6.93. The van der Waals surface area contributed by atoms with Crippen LogP contribution in [-0.4, -0.2) is 11.9 Å². The Labute approximate surface area is 144 Å². The van der Waals surface area contributed by atoms with Gasteiger partial charge in [0.05, 0.1) is 0 Å². The number of carbonyl (C=O) groups excluding carboxylic acids is 1. The van der Waals surface area contributed by atoms with E-state index >= 15 is 0 Å². The molecule has 0 aromatic heterocycles. The fourth-order valence-electron chi connectivity index (χ4n) is 2.50. The largest absolute Gasteiger partial charge is 0.482 e. The molecule has 116 valence electrons. The molecule has 0 saturated carbocycles. The number of hydrogen-bond acceptors (Lipinski definition) is 2. The number of hydrogen-bond donors (Lipinski definition) is 0. The highest BCUT2D eigenvalue weighted by Crippen LogP contribution is 2.26. The second kappa shape index (κ2) is 6.97. The van der Waals surface area contributed by atoms with Crippen molar-refractivity contribution in [3.8, 4) is 5.75 Å². The lowest BCUT2D eigenvalue weighted by atomic mass is 10.1. The van der Waals surface area contributed by atoms with Crippen molar-refractivity contribution < 1.29 is 9.53 Å². The van der Waals surface area contributed by atoms with Crippen molar-refractivity contribution in [1.29, 1.82) is 0 Å². The average Bonchev–Trinajstić information content (AvgIpc) is 2.57. The van der Waals surface area contributed by atoms with Gasteiger partial charge < -0.3 is 4.74 Å². The van der Waals surface area contributed by atoms with Crippen LogP contribution >= 0.6 is 15.9 Å². The number of ether oxygens (including phenoxy) is 1.